The molecule has 9 aromatic rings. The molecule has 28 nitrogen and oxygen atoms in total. The number of amides is 11. The van der Waals surface area contributed by atoms with Crippen LogP contribution < -0.4 is 68.9 Å². The Balaban J connectivity index is 0.803. The predicted molar refractivity (Wildman–Crippen MR) is 486 cm³/mol. The summed E-state index contributed by atoms with van der Waals surface area (Å²) >= 11 is 0. The number of benzene rings is 6. The van der Waals surface area contributed by atoms with Crippen LogP contribution in [0.1, 0.15) is 152 Å². The first-order valence-corrected chi connectivity index (χ1v) is 45.5. The molecule has 12 atom stereocenters. The molecule has 668 valence electrons. The van der Waals surface area contributed by atoms with Crippen LogP contribution in [0.25, 0.3) is 32.7 Å². The molecule has 0 spiro atoms. The van der Waals surface area contributed by atoms with Gasteiger partial charge in [-0.2, -0.15) is 0 Å². The maximum Gasteiger partial charge on any atom is 0.408 e. The van der Waals surface area contributed by atoms with Crippen LogP contribution in [0.2, 0.25) is 5.04 Å². The molecular formula is C96H126N14O14Si. The lowest BCUT2D eigenvalue weighted by molar-refractivity contribution is -0.138. The number of aromatic nitrogens is 3. The summed E-state index contributed by atoms with van der Waals surface area (Å²) in [7, 11) is -3.00. The summed E-state index contributed by atoms with van der Waals surface area (Å²) in [6.07, 6.45) is 3.50. The van der Waals surface area contributed by atoms with Gasteiger partial charge in [0.15, 0.2) is 0 Å². The topological polar surface area (TPSA) is 395 Å². The molecule has 0 unspecified atom stereocenters. The number of carbonyl (C=O) groups is 11. The standard InChI is InChI=1S/C96H126N14O14Si/c1-56(2)47-75(88(114)104-77(49-64-52-98-72-40-28-25-37-69(64)72)86(112)97-45-46-123-125(96(13,14)15,67-33-21-17-22-34-67)68-35-23-18-24-36-68)103-90(116)79(51-66-54-100-74-42-30-27-39-71(66)74)105-89(115)76(48-57(3)4)106-91(117)81-44-43-80(124-81)61(11)101-87(113)78(50-65-53-99-73-41-29-26-38-70(65)73)107-92(118)82(58(5)6)109-94(120)84(60(9)10)110-93(119)83(59(7)8)108-85(111)62(12)102-95(121)122-55-63-31-19-16-20-32-63/h16-42,52-54,56-62,75-84,98-100H,43-51,55H2,1-15H3,(H,97,112)(H,101,113)(H,102,121)(H,103,116)(H,104,114)(H,105,115)(H,106,117)(H,107,118)(H,108,111)(H,109,120)(H,110,119)/t61-,62+,75-,76-,77+,78+,79+,80-,81+,82-,83-,84+/m1/s1. The van der Waals surface area contributed by atoms with Gasteiger partial charge in [-0.3, -0.25) is 47.9 Å². The van der Waals surface area contributed by atoms with Gasteiger partial charge in [-0.05, 0) is 125 Å². The monoisotopic (exact) mass is 1730 g/mol. The molecule has 6 aromatic carbocycles. The normalized spacial score (nSPS) is 16.1. The second kappa shape index (κ2) is 44.1. The number of aromatic amines is 3. The molecule has 11 amide bonds. The molecule has 4 heterocycles. The average Bonchev–Trinajstić information content (AvgIpc) is 1.49. The summed E-state index contributed by atoms with van der Waals surface area (Å²) in [6.45, 7) is 27.9. The van der Waals surface area contributed by atoms with Gasteiger partial charge in [-0.15, -0.1) is 0 Å². The molecule has 29 heteroatoms. The highest BCUT2D eigenvalue weighted by atomic mass is 28.4. The van der Waals surface area contributed by atoms with Crippen molar-refractivity contribution in [3.05, 3.63) is 205 Å². The second-order valence-corrected chi connectivity index (χ2v) is 40.0. The van der Waals surface area contributed by atoms with E-state index in [0.29, 0.717) is 17.5 Å². The Kier molecular flexibility index (Phi) is 33.6. The van der Waals surface area contributed by atoms with Crippen molar-refractivity contribution in [2.24, 2.45) is 29.6 Å². The molecule has 14 N–H and O–H groups in total. The summed E-state index contributed by atoms with van der Waals surface area (Å²) in [6, 6.07) is 40.5. The van der Waals surface area contributed by atoms with Crippen LogP contribution in [0.15, 0.2) is 182 Å². The Bertz CT molecular complexity index is 5120. The highest BCUT2D eigenvalue weighted by Gasteiger charge is 2.50. The van der Waals surface area contributed by atoms with Gasteiger partial charge in [0.1, 0.15) is 67.1 Å². The minimum absolute atomic E-state index is 0.00542. The van der Waals surface area contributed by atoms with Gasteiger partial charge in [-0.1, -0.05) is 236 Å². The van der Waals surface area contributed by atoms with Gasteiger partial charge in [0, 0.05) is 77.1 Å². The second-order valence-electron chi connectivity index (χ2n) is 35.7. The summed E-state index contributed by atoms with van der Waals surface area (Å²) < 4.78 is 18.9. The third-order valence-electron chi connectivity index (χ3n) is 23.0. The van der Waals surface area contributed by atoms with E-state index in [2.05, 4.69) is 118 Å². The largest absolute Gasteiger partial charge is 0.445 e. The van der Waals surface area contributed by atoms with Crippen molar-refractivity contribution in [1.29, 1.82) is 0 Å². The number of carbonyl (C=O) groups excluding carboxylic acids is 11. The summed E-state index contributed by atoms with van der Waals surface area (Å²) in [4.78, 5) is 169. The van der Waals surface area contributed by atoms with Gasteiger partial charge >= 0.3 is 6.09 Å². The number of alkyl carbamates (subject to hydrolysis) is 1. The number of H-pyrrole nitrogens is 3. The third-order valence-corrected chi connectivity index (χ3v) is 28.0. The lowest BCUT2D eigenvalue weighted by Crippen LogP contribution is -2.67. The summed E-state index contributed by atoms with van der Waals surface area (Å²) in [5, 5.41) is 36.1. The molecule has 1 fully saturated rings. The van der Waals surface area contributed by atoms with Crippen LogP contribution in [0.3, 0.4) is 0 Å². The number of rotatable bonds is 42. The van der Waals surface area contributed by atoms with Gasteiger partial charge in [-0.25, -0.2) is 4.79 Å². The fourth-order valence-corrected chi connectivity index (χ4v) is 20.8. The fourth-order valence-electron chi connectivity index (χ4n) is 16.2. The molecule has 1 aliphatic rings. The molecule has 0 radical (unpaired) electrons. The average molecular weight is 1730 g/mol. The highest BCUT2D eigenvalue weighted by Crippen LogP contribution is 2.37. The lowest BCUT2D eigenvalue weighted by Gasteiger charge is -2.43. The molecule has 0 aliphatic carbocycles. The SMILES string of the molecule is CC(C)C[C@@H](NC(=O)[C@H](Cc1c[nH]c2ccccc12)NC(=O)[C@@H](CC(C)C)NC(=O)[C@@H]1CC[C@H]([C@@H](C)NC(=O)[C@H](Cc2c[nH]c3ccccc23)NC(=O)[C@H](NC(=O)[C@@H](NC(=O)[C@H](NC(=O)[C@H](C)NC(=O)OCc2ccccc2)C(C)C)C(C)C)C(C)C)O1)C(=O)N[C@@H](Cc1c[nH]c2ccccc12)C(=O)NCCO[Si](c1ccccc1)(c1ccccc1)C(C)(C)C. The molecule has 125 heavy (non-hydrogen) atoms. The lowest BCUT2D eigenvalue weighted by atomic mass is 9.97. The fraction of sp³-hybridized carbons (Fsp3) is 0.448. The minimum atomic E-state index is -3.00. The van der Waals surface area contributed by atoms with E-state index in [4.69, 9.17) is 13.9 Å². The Morgan fingerprint density at radius 1 is 0.408 bits per heavy atom. The van der Waals surface area contributed by atoms with E-state index in [1.54, 1.807) is 85.1 Å². The smallest absolute Gasteiger partial charge is 0.408 e. The molecular weight excluding hydrogens is 1600 g/mol. The van der Waals surface area contributed by atoms with Crippen LogP contribution in [0.4, 0.5) is 4.79 Å². The summed E-state index contributed by atoms with van der Waals surface area (Å²) in [5.41, 5.74) is 5.35. The van der Waals surface area contributed by atoms with Gasteiger partial charge < -0.3 is 87.3 Å². The quantitative estimate of drug-likeness (QED) is 0.0125. The predicted octanol–water partition coefficient (Wildman–Crippen LogP) is 9.16. The third kappa shape index (κ3) is 25.4. The molecule has 3 aromatic heterocycles. The Morgan fingerprint density at radius 3 is 1.21 bits per heavy atom. The number of hydrogen-bond donors (Lipinski definition) is 14. The van der Waals surface area contributed by atoms with Crippen LogP contribution in [-0.2, 0) is 87.7 Å². The zero-order valence-electron chi connectivity index (χ0n) is 74.4. The van der Waals surface area contributed by atoms with Crippen LogP contribution >= 0.6 is 0 Å². The minimum Gasteiger partial charge on any atom is -0.445 e. The van der Waals surface area contributed by atoms with Crippen molar-refractivity contribution in [1.82, 2.24) is 73.4 Å². The van der Waals surface area contributed by atoms with E-state index in [0.717, 1.165) is 54.2 Å². The first kappa shape index (κ1) is 95.3. The zero-order chi connectivity index (χ0) is 90.4. The number of fused-ring (bicyclic) bond motifs is 3. The van der Waals surface area contributed by atoms with E-state index < -0.39 is 164 Å². The number of hydrogen-bond acceptors (Lipinski definition) is 14. The van der Waals surface area contributed by atoms with Gasteiger partial charge in [0.05, 0.1) is 18.8 Å². The Hall–Kier alpha value is -12.0. The molecule has 1 saturated heterocycles. The van der Waals surface area contributed by atoms with Crippen LogP contribution in [-0.4, -0.2) is 174 Å². The maximum absolute atomic E-state index is 15.3. The van der Waals surface area contributed by atoms with Gasteiger partial charge in [0.2, 0.25) is 59.1 Å². The van der Waals surface area contributed by atoms with Crippen molar-refractivity contribution in [2.45, 2.75) is 233 Å². The molecule has 1 aliphatic heterocycles. The number of para-hydroxylation sites is 3. The molecule has 0 saturated carbocycles. The van der Waals surface area contributed by atoms with E-state index in [-0.39, 0.29) is 75.2 Å². The van der Waals surface area contributed by atoms with Crippen molar-refractivity contribution in [2.75, 3.05) is 13.2 Å². The zero-order valence-corrected chi connectivity index (χ0v) is 75.4. The maximum atomic E-state index is 15.3. The Labute approximate surface area is 733 Å². The van der Waals surface area contributed by atoms with Crippen LogP contribution in [0, 0.1) is 29.6 Å². The van der Waals surface area contributed by atoms with E-state index in [1.807, 2.05) is 149 Å². The van der Waals surface area contributed by atoms with E-state index in [1.165, 1.54) is 6.92 Å². The van der Waals surface area contributed by atoms with E-state index in [9.17, 15) is 38.4 Å². The highest BCUT2D eigenvalue weighted by molar-refractivity contribution is 6.99. The van der Waals surface area contributed by atoms with E-state index >= 15 is 14.4 Å². The van der Waals surface area contributed by atoms with Gasteiger partial charge in [0.25, 0.3) is 8.32 Å². The molecule has 0 bridgehead atoms. The first-order valence-electron chi connectivity index (χ1n) is 43.6. The van der Waals surface area contributed by atoms with Crippen molar-refractivity contribution < 1.29 is 66.6 Å². The van der Waals surface area contributed by atoms with Crippen molar-refractivity contribution >= 4 is 117 Å². The number of nitrogens with one attached hydrogen (secondary N) is 14. The number of ether oxygens (including phenoxy) is 2. The summed E-state index contributed by atoms with van der Waals surface area (Å²) in [5.74, 6) is -8.28. The van der Waals surface area contributed by atoms with Crippen molar-refractivity contribution in [3.63, 3.8) is 0 Å². The Morgan fingerprint density at radius 2 is 0.776 bits per heavy atom. The molecule has 10 rings (SSSR count). The van der Waals surface area contributed by atoms with Crippen molar-refractivity contribution in [3.8, 4) is 0 Å². The first-order chi connectivity index (χ1) is 59.6. The van der Waals surface area contributed by atoms with Crippen LogP contribution in [0.5, 0.6) is 0 Å².